The summed E-state index contributed by atoms with van der Waals surface area (Å²) in [6.45, 7) is 4.65. The molecule has 0 bridgehead atoms. The minimum Gasteiger partial charge on any atom is -0.489 e. The zero-order chi connectivity index (χ0) is 24.9. The van der Waals surface area contributed by atoms with Crippen molar-refractivity contribution in [1.82, 2.24) is 9.55 Å². The van der Waals surface area contributed by atoms with E-state index >= 15 is 0 Å². The Kier molecular flexibility index (Phi) is 7.53. The molecule has 184 valence electrons. The second-order valence-electron chi connectivity index (χ2n) is 8.63. The quantitative estimate of drug-likeness (QED) is 0.172. The first-order chi connectivity index (χ1) is 17.6. The summed E-state index contributed by atoms with van der Waals surface area (Å²) >= 11 is 2.89. The van der Waals surface area contributed by atoms with E-state index in [9.17, 15) is 9.59 Å². The number of carbonyl (C=O) groups is 1. The lowest BCUT2D eigenvalue weighted by Crippen LogP contribution is -2.24. The van der Waals surface area contributed by atoms with Crippen LogP contribution in [0.5, 0.6) is 5.75 Å². The number of hydrogen-bond acceptors (Lipinski definition) is 6. The molecule has 36 heavy (non-hydrogen) atoms. The molecule has 4 aromatic rings. The highest BCUT2D eigenvalue weighted by Gasteiger charge is 2.22. The van der Waals surface area contributed by atoms with Crippen molar-refractivity contribution in [1.29, 1.82) is 0 Å². The molecule has 0 saturated heterocycles. The third-order valence-corrected chi connectivity index (χ3v) is 8.23. The number of allylic oxidation sites excluding steroid dienone is 1. The van der Waals surface area contributed by atoms with Crippen molar-refractivity contribution in [3.05, 3.63) is 93.6 Å². The molecule has 0 unspecified atom stereocenters. The Bertz CT molecular complexity index is 1440. The first kappa shape index (κ1) is 24.3. The molecule has 8 heteroatoms. The van der Waals surface area contributed by atoms with Crippen LogP contribution in [0.2, 0.25) is 0 Å². The number of nitrogens with zero attached hydrogens (tertiary/aromatic N) is 2. The highest BCUT2D eigenvalue weighted by Crippen LogP contribution is 2.34. The lowest BCUT2D eigenvalue weighted by atomic mass is 9.97. The van der Waals surface area contributed by atoms with Gasteiger partial charge < -0.3 is 10.1 Å². The van der Waals surface area contributed by atoms with Crippen molar-refractivity contribution in [3.63, 3.8) is 0 Å². The number of nitrogens with one attached hydrogen (secondary N) is 1. The van der Waals surface area contributed by atoms with E-state index in [0.29, 0.717) is 24.0 Å². The molecule has 1 N–H and O–H groups in total. The van der Waals surface area contributed by atoms with Crippen molar-refractivity contribution < 1.29 is 9.53 Å². The molecule has 0 atom stereocenters. The van der Waals surface area contributed by atoms with Gasteiger partial charge in [0.05, 0.1) is 11.1 Å². The Morgan fingerprint density at radius 2 is 1.92 bits per heavy atom. The monoisotopic (exact) mass is 517 g/mol. The maximum absolute atomic E-state index is 13.3. The van der Waals surface area contributed by atoms with E-state index in [1.807, 2.05) is 54.6 Å². The van der Waals surface area contributed by atoms with Gasteiger partial charge in [-0.2, -0.15) is 0 Å². The third-order valence-electron chi connectivity index (χ3n) is 6.07. The molecule has 0 saturated carbocycles. The number of amides is 1. The molecule has 1 aliphatic carbocycles. The maximum Gasteiger partial charge on any atom is 0.263 e. The van der Waals surface area contributed by atoms with Crippen LogP contribution in [0.15, 0.2) is 77.2 Å². The number of carbonyl (C=O) groups excluding carboxylic acids is 1. The molecule has 2 aromatic heterocycles. The highest BCUT2D eigenvalue weighted by atomic mass is 32.2. The van der Waals surface area contributed by atoms with Crippen molar-refractivity contribution >= 4 is 44.9 Å². The predicted molar refractivity (Wildman–Crippen MR) is 147 cm³/mol. The fourth-order valence-electron chi connectivity index (χ4n) is 4.32. The van der Waals surface area contributed by atoms with Gasteiger partial charge in [0.2, 0.25) is 5.91 Å². The zero-order valence-electron chi connectivity index (χ0n) is 19.9. The van der Waals surface area contributed by atoms with Gasteiger partial charge in [0.25, 0.3) is 5.56 Å². The van der Waals surface area contributed by atoms with Gasteiger partial charge in [0.15, 0.2) is 5.16 Å². The average Bonchev–Trinajstić information content (AvgIpc) is 3.28. The van der Waals surface area contributed by atoms with Crippen LogP contribution in [0.25, 0.3) is 10.2 Å². The minimum absolute atomic E-state index is 0.0340. The number of fused-ring (bicyclic) bond motifs is 3. The Balaban J connectivity index is 1.24. The van der Waals surface area contributed by atoms with Crippen molar-refractivity contribution in [2.24, 2.45) is 0 Å². The van der Waals surface area contributed by atoms with E-state index in [4.69, 9.17) is 9.72 Å². The highest BCUT2D eigenvalue weighted by molar-refractivity contribution is 7.99. The molecule has 5 rings (SSSR count). The van der Waals surface area contributed by atoms with Crippen LogP contribution in [0, 0.1) is 0 Å². The number of ether oxygens (including phenoxy) is 1. The van der Waals surface area contributed by atoms with Gasteiger partial charge >= 0.3 is 0 Å². The molecule has 1 aliphatic rings. The SMILES string of the molecule is C=CCn1c(SCC(=O)Nc2ccc(OCc3ccccc3)cc2)nc2sc3c(c2c1=O)CCCC3. The molecule has 1 amide bonds. The largest absolute Gasteiger partial charge is 0.489 e. The first-order valence-corrected chi connectivity index (χ1v) is 13.8. The zero-order valence-corrected chi connectivity index (χ0v) is 21.5. The number of rotatable bonds is 9. The molecule has 0 fully saturated rings. The summed E-state index contributed by atoms with van der Waals surface area (Å²) in [5.74, 6) is 0.714. The topological polar surface area (TPSA) is 73.2 Å². The van der Waals surface area contributed by atoms with Crippen LogP contribution in [0.3, 0.4) is 0 Å². The number of anilines is 1. The van der Waals surface area contributed by atoms with E-state index in [2.05, 4.69) is 11.9 Å². The Labute approximate surface area is 218 Å². The number of thiophene rings is 1. The fraction of sp³-hybridized carbons (Fsp3) is 0.250. The van der Waals surface area contributed by atoms with Gasteiger partial charge in [0.1, 0.15) is 17.2 Å². The lowest BCUT2D eigenvalue weighted by molar-refractivity contribution is -0.113. The van der Waals surface area contributed by atoms with E-state index in [1.165, 1.54) is 22.2 Å². The predicted octanol–water partition coefficient (Wildman–Crippen LogP) is 5.83. The number of aromatic nitrogens is 2. The summed E-state index contributed by atoms with van der Waals surface area (Å²) in [6.07, 6.45) is 5.90. The van der Waals surface area contributed by atoms with E-state index in [1.54, 1.807) is 22.0 Å². The van der Waals surface area contributed by atoms with E-state index < -0.39 is 0 Å². The van der Waals surface area contributed by atoms with Crippen molar-refractivity contribution in [2.45, 2.75) is 44.0 Å². The van der Waals surface area contributed by atoms with Gasteiger partial charge in [-0.15, -0.1) is 17.9 Å². The summed E-state index contributed by atoms with van der Waals surface area (Å²) in [7, 11) is 0. The summed E-state index contributed by atoms with van der Waals surface area (Å²) in [5.41, 5.74) is 2.91. The molecule has 0 aliphatic heterocycles. The van der Waals surface area contributed by atoms with Gasteiger partial charge in [-0.05, 0) is 61.1 Å². The van der Waals surface area contributed by atoms with Gasteiger partial charge in [-0.1, -0.05) is 48.2 Å². The van der Waals surface area contributed by atoms with E-state index in [-0.39, 0.29) is 17.2 Å². The second kappa shape index (κ2) is 11.1. The second-order valence-corrected chi connectivity index (χ2v) is 10.7. The third kappa shape index (κ3) is 5.39. The number of hydrogen-bond donors (Lipinski definition) is 1. The molecule has 2 aromatic carbocycles. The van der Waals surface area contributed by atoms with Crippen LogP contribution in [0.4, 0.5) is 5.69 Å². The standard InChI is InChI=1S/C28H27N3O3S2/c1-2-16-31-27(33)25-22-10-6-7-11-23(22)36-26(25)30-28(31)35-18-24(32)29-20-12-14-21(15-13-20)34-17-19-8-4-3-5-9-19/h2-5,8-9,12-15H,1,6-7,10-11,16-18H2,(H,29,32). The van der Waals surface area contributed by atoms with Gasteiger partial charge in [-0.25, -0.2) is 4.98 Å². The molecule has 0 radical (unpaired) electrons. The fourth-order valence-corrected chi connectivity index (χ4v) is 6.43. The Morgan fingerprint density at radius 3 is 2.69 bits per heavy atom. The Morgan fingerprint density at radius 1 is 1.14 bits per heavy atom. The lowest BCUT2D eigenvalue weighted by Gasteiger charge is -2.12. The van der Waals surface area contributed by atoms with Crippen LogP contribution in [0.1, 0.15) is 28.8 Å². The van der Waals surface area contributed by atoms with Gasteiger partial charge in [-0.3, -0.25) is 14.2 Å². The van der Waals surface area contributed by atoms with E-state index in [0.717, 1.165) is 47.2 Å². The molecular weight excluding hydrogens is 490 g/mol. The summed E-state index contributed by atoms with van der Waals surface area (Å²) in [5, 5.41) is 4.21. The summed E-state index contributed by atoms with van der Waals surface area (Å²) in [4.78, 5) is 32.9. The molecular formula is C28H27N3O3S2. The van der Waals surface area contributed by atoms with Crippen molar-refractivity contribution in [3.8, 4) is 5.75 Å². The minimum atomic E-state index is -0.164. The number of benzene rings is 2. The summed E-state index contributed by atoms with van der Waals surface area (Å²) < 4.78 is 7.44. The van der Waals surface area contributed by atoms with Crippen LogP contribution in [-0.4, -0.2) is 21.2 Å². The average molecular weight is 518 g/mol. The van der Waals surface area contributed by atoms with Crippen LogP contribution in [-0.2, 0) is 30.8 Å². The van der Waals surface area contributed by atoms with Crippen LogP contribution < -0.4 is 15.6 Å². The molecule has 0 spiro atoms. The van der Waals surface area contributed by atoms with Gasteiger partial charge in [0, 0.05) is 17.1 Å². The number of thioether (sulfide) groups is 1. The van der Waals surface area contributed by atoms with Crippen LogP contribution >= 0.6 is 23.1 Å². The number of aryl methyl sites for hydroxylation is 2. The molecule has 2 heterocycles. The Hall–Kier alpha value is -3.36. The first-order valence-electron chi connectivity index (χ1n) is 12.0. The smallest absolute Gasteiger partial charge is 0.263 e. The summed E-state index contributed by atoms with van der Waals surface area (Å²) in [6, 6.07) is 17.3. The van der Waals surface area contributed by atoms with Crippen molar-refractivity contribution in [2.75, 3.05) is 11.1 Å². The maximum atomic E-state index is 13.3. The molecule has 6 nitrogen and oxygen atoms in total. The normalized spacial score (nSPS) is 12.8.